The number of rotatable bonds is 4. The summed E-state index contributed by atoms with van der Waals surface area (Å²) in [6.45, 7) is 2.20. The molecule has 0 amide bonds. The smallest absolute Gasteiger partial charge is 0.0159 e. The molecule has 3 nitrogen and oxygen atoms in total. The molecule has 122 valence electrons. The molecular formula is C18H35N3. The van der Waals surface area contributed by atoms with Gasteiger partial charge in [0.15, 0.2) is 0 Å². The Bertz CT molecular complexity index is 365. The summed E-state index contributed by atoms with van der Waals surface area (Å²) < 4.78 is 0. The predicted molar refractivity (Wildman–Crippen MR) is 88.8 cm³/mol. The van der Waals surface area contributed by atoms with Crippen molar-refractivity contribution in [1.29, 1.82) is 0 Å². The first-order valence-electron chi connectivity index (χ1n) is 9.14. The van der Waals surface area contributed by atoms with Gasteiger partial charge in [-0.1, -0.05) is 0 Å². The molecule has 0 heterocycles. The first kappa shape index (κ1) is 15.8. The van der Waals surface area contributed by atoms with E-state index in [1.807, 2.05) is 0 Å². The van der Waals surface area contributed by atoms with Crippen molar-refractivity contribution >= 4 is 0 Å². The Labute approximate surface area is 130 Å². The van der Waals surface area contributed by atoms with Crippen LogP contribution in [0.15, 0.2) is 0 Å². The average molecular weight is 293 g/mol. The predicted octanol–water partition coefficient (Wildman–Crippen LogP) is 3.05. The Morgan fingerprint density at radius 3 is 1.90 bits per heavy atom. The van der Waals surface area contributed by atoms with E-state index in [-0.39, 0.29) is 16.6 Å². The molecule has 0 bridgehead atoms. The van der Waals surface area contributed by atoms with Crippen LogP contribution < -0.4 is 17.2 Å². The second-order valence-electron chi connectivity index (χ2n) is 9.19. The van der Waals surface area contributed by atoms with Crippen molar-refractivity contribution < 1.29 is 0 Å². The summed E-state index contributed by atoms with van der Waals surface area (Å²) in [6.07, 6.45) is 14.9. The van der Waals surface area contributed by atoms with Crippen LogP contribution in [0.5, 0.6) is 0 Å². The second kappa shape index (κ2) is 5.50. The zero-order valence-corrected chi connectivity index (χ0v) is 13.9. The summed E-state index contributed by atoms with van der Waals surface area (Å²) in [5, 5.41) is 0. The first-order valence-corrected chi connectivity index (χ1v) is 9.14. The SMILES string of the molecule is CC1(N)CCC(CC2(N)CCC(CC3(N)CCC3)C2)CC1. The quantitative estimate of drug-likeness (QED) is 0.745. The van der Waals surface area contributed by atoms with Crippen LogP contribution in [-0.2, 0) is 0 Å². The fraction of sp³-hybridized carbons (Fsp3) is 1.00. The molecule has 2 atom stereocenters. The van der Waals surface area contributed by atoms with Crippen LogP contribution in [0, 0.1) is 11.8 Å². The lowest BCUT2D eigenvalue weighted by Gasteiger charge is -2.41. The fourth-order valence-electron chi connectivity index (χ4n) is 5.16. The first-order chi connectivity index (χ1) is 9.78. The third-order valence-electron chi connectivity index (χ3n) is 6.73. The highest BCUT2D eigenvalue weighted by molar-refractivity contribution is 5.01. The molecule has 3 rings (SSSR count). The van der Waals surface area contributed by atoms with Crippen LogP contribution >= 0.6 is 0 Å². The van der Waals surface area contributed by atoms with Gasteiger partial charge >= 0.3 is 0 Å². The van der Waals surface area contributed by atoms with Crippen LogP contribution in [0.1, 0.15) is 84.0 Å². The van der Waals surface area contributed by atoms with E-state index in [2.05, 4.69) is 6.92 Å². The summed E-state index contributed by atoms with van der Waals surface area (Å²) in [4.78, 5) is 0. The van der Waals surface area contributed by atoms with Crippen LogP contribution in [0.2, 0.25) is 0 Å². The van der Waals surface area contributed by atoms with Gasteiger partial charge in [-0.05, 0) is 95.8 Å². The molecule has 21 heavy (non-hydrogen) atoms. The highest BCUT2D eigenvalue weighted by atomic mass is 14.8. The monoisotopic (exact) mass is 293 g/mol. The van der Waals surface area contributed by atoms with E-state index in [1.165, 1.54) is 77.0 Å². The molecule has 0 aromatic carbocycles. The summed E-state index contributed by atoms with van der Waals surface area (Å²) in [5.41, 5.74) is 19.8. The lowest BCUT2D eigenvalue weighted by atomic mass is 9.70. The minimum atomic E-state index is 0.0760. The average Bonchev–Trinajstić information content (AvgIpc) is 2.72. The fourth-order valence-corrected chi connectivity index (χ4v) is 5.16. The molecule has 6 N–H and O–H groups in total. The molecule has 0 aromatic rings. The number of hydrogen-bond donors (Lipinski definition) is 3. The molecule has 3 saturated carbocycles. The van der Waals surface area contributed by atoms with Crippen LogP contribution in [0.3, 0.4) is 0 Å². The van der Waals surface area contributed by atoms with Gasteiger partial charge in [-0.25, -0.2) is 0 Å². The van der Waals surface area contributed by atoms with Gasteiger partial charge < -0.3 is 17.2 Å². The van der Waals surface area contributed by atoms with Crippen molar-refractivity contribution in [3.05, 3.63) is 0 Å². The van der Waals surface area contributed by atoms with Gasteiger partial charge in [0.1, 0.15) is 0 Å². The highest BCUT2D eigenvalue weighted by Crippen LogP contribution is 2.46. The van der Waals surface area contributed by atoms with E-state index in [9.17, 15) is 0 Å². The van der Waals surface area contributed by atoms with Gasteiger partial charge in [0.25, 0.3) is 0 Å². The summed E-state index contributed by atoms with van der Waals surface area (Å²) in [7, 11) is 0. The van der Waals surface area contributed by atoms with Crippen molar-refractivity contribution in [3.8, 4) is 0 Å². The molecule has 0 aliphatic heterocycles. The molecule has 3 aliphatic rings. The van der Waals surface area contributed by atoms with Gasteiger partial charge in [0.2, 0.25) is 0 Å². The Morgan fingerprint density at radius 2 is 1.33 bits per heavy atom. The Balaban J connectivity index is 1.47. The second-order valence-corrected chi connectivity index (χ2v) is 9.19. The van der Waals surface area contributed by atoms with Gasteiger partial charge in [-0.15, -0.1) is 0 Å². The maximum Gasteiger partial charge on any atom is 0.0159 e. The minimum absolute atomic E-state index is 0.0760. The normalized spacial score (nSPS) is 46.3. The lowest BCUT2D eigenvalue weighted by Crippen LogP contribution is -2.48. The summed E-state index contributed by atoms with van der Waals surface area (Å²) in [6, 6.07) is 0. The van der Waals surface area contributed by atoms with Crippen LogP contribution in [-0.4, -0.2) is 16.6 Å². The number of hydrogen-bond acceptors (Lipinski definition) is 3. The van der Waals surface area contributed by atoms with Gasteiger partial charge in [-0.3, -0.25) is 0 Å². The summed E-state index contributed by atoms with van der Waals surface area (Å²) in [5.74, 6) is 1.59. The molecule has 0 radical (unpaired) electrons. The van der Waals surface area contributed by atoms with Crippen molar-refractivity contribution in [2.75, 3.05) is 0 Å². The van der Waals surface area contributed by atoms with E-state index in [0.717, 1.165) is 11.8 Å². The Kier molecular flexibility index (Phi) is 4.13. The molecule has 3 aliphatic carbocycles. The molecule has 0 spiro atoms. The Morgan fingerprint density at radius 1 is 0.762 bits per heavy atom. The van der Waals surface area contributed by atoms with E-state index >= 15 is 0 Å². The number of nitrogens with two attached hydrogens (primary N) is 3. The molecule has 0 saturated heterocycles. The maximum atomic E-state index is 6.75. The minimum Gasteiger partial charge on any atom is -0.325 e. The van der Waals surface area contributed by atoms with Crippen LogP contribution in [0.4, 0.5) is 0 Å². The van der Waals surface area contributed by atoms with E-state index < -0.39 is 0 Å². The molecule has 0 aromatic heterocycles. The van der Waals surface area contributed by atoms with E-state index in [0.29, 0.717) is 0 Å². The van der Waals surface area contributed by atoms with Crippen molar-refractivity contribution in [1.82, 2.24) is 0 Å². The molecule has 3 fully saturated rings. The highest BCUT2D eigenvalue weighted by Gasteiger charge is 2.42. The van der Waals surface area contributed by atoms with E-state index in [1.54, 1.807) is 0 Å². The van der Waals surface area contributed by atoms with Crippen LogP contribution in [0.25, 0.3) is 0 Å². The zero-order chi connectivity index (χ0) is 15.1. The topological polar surface area (TPSA) is 78.1 Å². The van der Waals surface area contributed by atoms with Crippen molar-refractivity contribution in [3.63, 3.8) is 0 Å². The molecule has 2 unspecified atom stereocenters. The third kappa shape index (κ3) is 3.80. The van der Waals surface area contributed by atoms with Gasteiger partial charge in [0.05, 0.1) is 0 Å². The van der Waals surface area contributed by atoms with Gasteiger partial charge in [0, 0.05) is 16.6 Å². The molecule has 3 heteroatoms. The maximum absolute atomic E-state index is 6.75. The van der Waals surface area contributed by atoms with E-state index in [4.69, 9.17) is 17.2 Å². The summed E-state index contributed by atoms with van der Waals surface area (Å²) >= 11 is 0. The third-order valence-corrected chi connectivity index (χ3v) is 6.73. The van der Waals surface area contributed by atoms with Crippen molar-refractivity contribution in [2.24, 2.45) is 29.0 Å². The largest absolute Gasteiger partial charge is 0.325 e. The van der Waals surface area contributed by atoms with Gasteiger partial charge in [-0.2, -0.15) is 0 Å². The Hall–Kier alpha value is -0.120. The standard InChI is InChI=1S/C18H35N3/c1-16(19)8-3-14(4-9-16)11-18(21)10-5-15(13-18)12-17(20)6-2-7-17/h14-15H,2-13,19-21H2,1H3. The lowest BCUT2D eigenvalue weighted by molar-refractivity contribution is 0.182. The van der Waals surface area contributed by atoms with Crippen molar-refractivity contribution in [2.45, 2.75) is 101 Å². The zero-order valence-electron chi connectivity index (χ0n) is 13.9. The molecular weight excluding hydrogens is 258 g/mol.